The van der Waals surface area contributed by atoms with Crippen LogP contribution < -0.4 is 5.32 Å². The molecular weight excluding hydrogens is 338 g/mol. The molecule has 1 aliphatic heterocycles. The number of aromatic nitrogens is 1. The molecule has 1 aromatic carbocycles. The molecule has 5 nitrogen and oxygen atoms in total. The van der Waals surface area contributed by atoms with Gasteiger partial charge in [-0.05, 0) is 63.0 Å². The molecule has 0 bridgehead atoms. The highest BCUT2D eigenvalue weighted by molar-refractivity contribution is 6.30. The number of hydrogen-bond donors (Lipinski definition) is 1. The van der Waals surface area contributed by atoms with Crippen LogP contribution in [0.4, 0.5) is 0 Å². The number of nitrogens with one attached hydrogen (secondary N) is 1. The Labute approximate surface area is 152 Å². The minimum Gasteiger partial charge on any atom is -0.355 e. The number of rotatable bonds is 6. The molecule has 2 heterocycles. The Morgan fingerprint density at radius 2 is 1.96 bits per heavy atom. The van der Waals surface area contributed by atoms with Gasteiger partial charge in [0.2, 0.25) is 0 Å². The van der Waals surface area contributed by atoms with Gasteiger partial charge < -0.3 is 14.7 Å². The van der Waals surface area contributed by atoms with Crippen molar-refractivity contribution in [1.29, 1.82) is 0 Å². The van der Waals surface area contributed by atoms with E-state index >= 15 is 0 Å². The molecule has 1 saturated heterocycles. The van der Waals surface area contributed by atoms with E-state index in [0.717, 1.165) is 12.1 Å². The lowest BCUT2D eigenvalue weighted by Gasteiger charge is -2.23. The fraction of sp³-hybridized carbons (Fsp3) is 0.474. The van der Waals surface area contributed by atoms with Crippen molar-refractivity contribution < 1.29 is 9.32 Å². The maximum absolute atomic E-state index is 12.4. The number of amides is 1. The predicted molar refractivity (Wildman–Crippen MR) is 96.6 cm³/mol. The van der Waals surface area contributed by atoms with Crippen LogP contribution in [0.15, 0.2) is 34.9 Å². The van der Waals surface area contributed by atoms with Gasteiger partial charge in [0.1, 0.15) is 0 Å². The third-order valence-corrected chi connectivity index (χ3v) is 5.46. The molecule has 0 unspecified atom stereocenters. The maximum atomic E-state index is 12.4. The quantitative estimate of drug-likeness (QED) is 0.856. The van der Waals surface area contributed by atoms with Crippen molar-refractivity contribution in [2.75, 3.05) is 26.2 Å². The number of hydrogen-bond acceptors (Lipinski definition) is 4. The van der Waals surface area contributed by atoms with Gasteiger partial charge in [-0.15, -0.1) is 0 Å². The molecule has 1 saturated carbocycles. The molecular formula is C19H22ClN3O2. The first-order valence-electron chi connectivity index (χ1n) is 8.87. The van der Waals surface area contributed by atoms with E-state index in [4.69, 9.17) is 16.1 Å². The summed E-state index contributed by atoms with van der Waals surface area (Å²) in [5.74, 6) is 0.400. The Kier molecular flexibility index (Phi) is 4.52. The summed E-state index contributed by atoms with van der Waals surface area (Å²) in [5, 5.41) is 7.61. The molecule has 2 fully saturated rings. The van der Waals surface area contributed by atoms with Gasteiger partial charge in [0.05, 0.1) is 0 Å². The lowest BCUT2D eigenvalue weighted by molar-refractivity contribution is 0.0931. The highest BCUT2D eigenvalue weighted by Crippen LogP contribution is 2.46. The summed E-state index contributed by atoms with van der Waals surface area (Å²) < 4.78 is 5.30. The fourth-order valence-electron chi connectivity index (χ4n) is 3.47. The van der Waals surface area contributed by atoms with Crippen LogP contribution in [0.3, 0.4) is 0 Å². The molecule has 4 rings (SSSR count). The first-order chi connectivity index (χ1) is 12.1. The van der Waals surface area contributed by atoms with E-state index in [0.29, 0.717) is 23.0 Å². The van der Waals surface area contributed by atoms with Crippen LogP contribution in [-0.2, 0) is 0 Å². The van der Waals surface area contributed by atoms with E-state index in [9.17, 15) is 4.79 Å². The molecule has 132 valence electrons. The summed E-state index contributed by atoms with van der Waals surface area (Å²) in [7, 11) is 0. The van der Waals surface area contributed by atoms with Crippen LogP contribution in [0.5, 0.6) is 0 Å². The second-order valence-electron chi connectivity index (χ2n) is 7.25. The van der Waals surface area contributed by atoms with E-state index in [-0.39, 0.29) is 11.3 Å². The van der Waals surface area contributed by atoms with Gasteiger partial charge in [-0.2, -0.15) is 0 Å². The minimum atomic E-state index is -0.170. The van der Waals surface area contributed by atoms with Crippen LogP contribution in [-0.4, -0.2) is 42.1 Å². The zero-order valence-corrected chi connectivity index (χ0v) is 14.9. The first-order valence-corrected chi connectivity index (χ1v) is 9.25. The third-order valence-electron chi connectivity index (χ3n) is 5.21. The number of likely N-dealkylation sites (tertiary alicyclic amines) is 1. The largest absolute Gasteiger partial charge is 0.355 e. The fourth-order valence-corrected chi connectivity index (χ4v) is 3.60. The topological polar surface area (TPSA) is 58.4 Å². The maximum Gasteiger partial charge on any atom is 0.273 e. The molecule has 0 atom stereocenters. The Hall–Kier alpha value is -1.85. The van der Waals surface area contributed by atoms with Crippen molar-refractivity contribution in [3.8, 4) is 11.3 Å². The van der Waals surface area contributed by atoms with Crippen molar-refractivity contribution in [3.63, 3.8) is 0 Å². The van der Waals surface area contributed by atoms with Crippen LogP contribution in [0.25, 0.3) is 11.3 Å². The van der Waals surface area contributed by atoms with Gasteiger partial charge in [-0.1, -0.05) is 16.8 Å². The van der Waals surface area contributed by atoms with E-state index in [1.54, 1.807) is 18.2 Å². The van der Waals surface area contributed by atoms with Gasteiger partial charge >= 0.3 is 0 Å². The smallest absolute Gasteiger partial charge is 0.273 e. The number of benzene rings is 1. The summed E-state index contributed by atoms with van der Waals surface area (Å²) >= 11 is 5.89. The second-order valence-corrected chi connectivity index (χ2v) is 7.69. The highest BCUT2D eigenvalue weighted by Gasteiger charge is 2.44. The normalized spacial score (nSPS) is 19.1. The average molecular weight is 360 g/mol. The standard InChI is InChI=1S/C19H22ClN3O2/c20-15-5-3-14(4-6-15)17-11-16(22-25-17)18(24)21-12-19(7-8-19)13-23-9-1-2-10-23/h3-6,11H,1-2,7-10,12-13H2,(H,21,24). The van der Waals surface area contributed by atoms with Crippen LogP contribution >= 0.6 is 11.6 Å². The zero-order valence-electron chi connectivity index (χ0n) is 14.1. The summed E-state index contributed by atoms with van der Waals surface area (Å²) in [6, 6.07) is 8.95. The highest BCUT2D eigenvalue weighted by atomic mass is 35.5. The monoisotopic (exact) mass is 359 g/mol. The molecule has 1 aromatic heterocycles. The number of nitrogens with zero attached hydrogens (tertiary/aromatic N) is 2. The Bertz CT molecular complexity index is 746. The molecule has 2 aromatic rings. The zero-order chi connectivity index (χ0) is 17.3. The van der Waals surface area contributed by atoms with Crippen molar-refractivity contribution >= 4 is 17.5 Å². The molecule has 1 amide bonds. The number of carbonyl (C=O) groups is 1. The summed E-state index contributed by atoms with van der Waals surface area (Å²) in [6.07, 6.45) is 4.99. The second kappa shape index (κ2) is 6.81. The Morgan fingerprint density at radius 1 is 1.24 bits per heavy atom. The van der Waals surface area contributed by atoms with Gasteiger partial charge in [0, 0.05) is 35.2 Å². The first kappa shape index (κ1) is 16.6. The lowest BCUT2D eigenvalue weighted by atomic mass is 10.1. The molecule has 6 heteroatoms. The van der Waals surface area contributed by atoms with Crippen molar-refractivity contribution in [2.45, 2.75) is 25.7 Å². The van der Waals surface area contributed by atoms with Gasteiger partial charge in [-0.3, -0.25) is 4.79 Å². The lowest BCUT2D eigenvalue weighted by Crippen LogP contribution is -2.37. The van der Waals surface area contributed by atoms with E-state index < -0.39 is 0 Å². The SMILES string of the molecule is O=C(NCC1(CN2CCCC2)CC1)c1cc(-c2ccc(Cl)cc2)on1. The van der Waals surface area contributed by atoms with Crippen molar-refractivity contribution in [3.05, 3.63) is 41.0 Å². The van der Waals surface area contributed by atoms with E-state index in [1.807, 2.05) is 12.1 Å². The van der Waals surface area contributed by atoms with E-state index in [1.165, 1.54) is 38.8 Å². The van der Waals surface area contributed by atoms with Crippen molar-refractivity contribution in [2.24, 2.45) is 5.41 Å². The number of carbonyl (C=O) groups excluding carboxylic acids is 1. The summed E-state index contributed by atoms with van der Waals surface area (Å²) in [5.41, 5.74) is 1.44. The molecule has 1 aliphatic carbocycles. The number of halogens is 1. The summed E-state index contributed by atoms with van der Waals surface area (Å²) in [4.78, 5) is 14.9. The minimum absolute atomic E-state index is 0.170. The molecule has 1 N–H and O–H groups in total. The van der Waals surface area contributed by atoms with Crippen molar-refractivity contribution in [1.82, 2.24) is 15.4 Å². The molecule has 0 radical (unpaired) electrons. The molecule has 0 spiro atoms. The Balaban J connectivity index is 1.34. The average Bonchev–Trinajstić information content (AvgIpc) is 3.03. The van der Waals surface area contributed by atoms with Gasteiger partial charge in [0.15, 0.2) is 11.5 Å². The Morgan fingerprint density at radius 3 is 2.64 bits per heavy atom. The van der Waals surface area contributed by atoms with Crippen LogP contribution in [0.1, 0.15) is 36.2 Å². The van der Waals surface area contributed by atoms with Crippen LogP contribution in [0, 0.1) is 5.41 Å². The van der Waals surface area contributed by atoms with Gasteiger partial charge in [-0.25, -0.2) is 0 Å². The third kappa shape index (κ3) is 3.88. The predicted octanol–water partition coefficient (Wildman–Crippen LogP) is 3.60. The van der Waals surface area contributed by atoms with E-state index in [2.05, 4.69) is 15.4 Å². The molecule has 25 heavy (non-hydrogen) atoms. The van der Waals surface area contributed by atoms with Crippen LogP contribution in [0.2, 0.25) is 5.02 Å². The van der Waals surface area contributed by atoms with Gasteiger partial charge in [0.25, 0.3) is 5.91 Å². The molecule has 2 aliphatic rings. The summed E-state index contributed by atoms with van der Waals surface area (Å²) in [6.45, 7) is 4.21.